The zero-order chi connectivity index (χ0) is 8.27. The molecule has 0 saturated carbocycles. The molecule has 0 aromatic carbocycles. The van der Waals surface area contributed by atoms with Gasteiger partial charge in [0, 0.05) is 5.25 Å². The van der Waals surface area contributed by atoms with Gasteiger partial charge in [0.2, 0.25) is 11.1 Å². The van der Waals surface area contributed by atoms with Gasteiger partial charge in [-0.15, -0.1) is 5.10 Å². The van der Waals surface area contributed by atoms with E-state index in [0.29, 0.717) is 11.2 Å². The molecule has 0 aliphatic carbocycles. The maximum absolute atomic E-state index is 5.35. The predicted molar refractivity (Wildman–Crippen MR) is 46.4 cm³/mol. The SMILES string of the molecule is CC[C@@H](C)Sc1n[nH]c(N)n1. The van der Waals surface area contributed by atoms with Crippen LogP contribution in [-0.2, 0) is 0 Å². The normalized spacial score (nSPS) is 13.3. The highest BCUT2D eigenvalue weighted by Gasteiger charge is 2.05. The molecule has 1 heterocycles. The first-order chi connectivity index (χ1) is 5.22. The van der Waals surface area contributed by atoms with Crippen molar-refractivity contribution in [1.82, 2.24) is 15.2 Å². The lowest BCUT2D eigenvalue weighted by atomic mass is 10.4. The molecule has 62 valence electrons. The molecule has 0 radical (unpaired) electrons. The van der Waals surface area contributed by atoms with E-state index in [2.05, 4.69) is 29.0 Å². The van der Waals surface area contributed by atoms with Crippen LogP contribution in [0.25, 0.3) is 0 Å². The Labute approximate surface area is 70.0 Å². The third kappa shape index (κ3) is 2.42. The largest absolute Gasteiger partial charge is 0.368 e. The van der Waals surface area contributed by atoms with E-state index in [1.54, 1.807) is 11.8 Å². The average Bonchev–Trinajstić information content (AvgIpc) is 2.35. The lowest BCUT2D eigenvalue weighted by Gasteiger charge is -2.01. The monoisotopic (exact) mass is 172 g/mol. The number of nitrogens with zero attached hydrogens (tertiary/aromatic N) is 2. The molecule has 5 heteroatoms. The van der Waals surface area contributed by atoms with E-state index in [1.165, 1.54) is 0 Å². The number of nitrogens with two attached hydrogens (primary N) is 1. The molecule has 0 fully saturated rings. The second-order valence-electron chi connectivity index (χ2n) is 2.34. The Bertz CT molecular complexity index is 222. The Morgan fingerprint density at radius 1 is 1.73 bits per heavy atom. The first-order valence-electron chi connectivity index (χ1n) is 3.57. The van der Waals surface area contributed by atoms with Crippen molar-refractivity contribution in [2.24, 2.45) is 0 Å². The molecule has 0 aliphatic rings. The Kier molecular flexibility index (Phi) is 2.76. The van der Waals surface area contributed by atoms with Crippen molar-refractivity contribution in [2.75, 3.05) is 5.73 Å². The first-order valence-corrected chi connectivity index (χ1v) is 4.45. The molecule has 0 aliphatic heterocycles. The zero-order valence-electron chi connectivity index (χ0n) is 6.66. The van der Waals surface area contributed by atoms with Gasteiger partial charge in [0.25, 0.3) is 0 Å². The van der Waals surface area contributed by atoms with E-state index in [4.69, 9.17) is 5.73 Å². The molecule has 1 rings (SSSR count). The van der Waals surface area contributed by atoms with E-state index in [1.807, 2.05) is 0 Å². The quantitative estimate of drug-likeness (QED) is 0.674. The third-order valence-corrected chi connectivity index (χ3v) is 2.49. The van der Waals surface area contributed by atoms with Crippen molar-refractivity contribution in [3.63, 3.8) is 0 Å². The fourth-order valence-corrected chi connectivity index (χ4v) is 1.35. The summed E-state index contributed by atoms with van der Waals surface area (Å²) in [5.41, 5.74) is 5.35. The number of hydrogen-bond acceptors (Lipinski definition) is 4. The van der Waals surface area contributed by atoms with Crippen LogP contribution in [0.4, 0.5) is 5.95 Å². The molecule has 1 aromatic rings. The van der Waals surface area contributed by atoms with Gasteiger partial charge in [0.15, 0.2) is 0 Å². The minimum absolute atomic E-state index is 0.385. The van der Waals surface area contributed by atoms with Crippen LogP contribution < -0.4 is 5.73 Å². The minimum atomic E-state index is 0.385. The first kappa shape index (κ1) is 8.39. The highest BCUT2D eigenvalue weighted by molar-refractivity contribution is 7.99. The Hall–Kier alpha value is -0.710. The fourth-order valence-electron chi connectivity index (χ4n) is 0.574. The Morgan fingerprint density at radius 2 is 2.45 bits per heavy atom. The van der Waals surface area contributed by atoms with Gasteiger partial charge in [-0.25, -0.2) is 5.10 Å². The topological polar surface area (TPSA) is 67.6 Å². The summed E-state index contributed by atoms with van der Waals surface area (Å²) in [6.07, 6.45) is 1.11. The summed E-state index contributed by atoms with van der Waals surface area (Å²) in [5, 5.41) is 7.78. The van der Waals surface area contributed by atoms with Crippen LogP contribution in [0.1, 0.15) is 20.3 Å². The predicted octanol–water partition coefficient (Wildman–Crippen LogP) is 1.28. The molecule has 1 atom stereocenters. The molecule has 0 spiro atoms. The second kappa shape index (κ2) is 3.61. The Morgan fingerprint density at radius 3 is 2.91 bits per heavy atom. The molecular weight excluding hydrogens is 160 g/mol. The molecule has 0 bridgehead atoms. The van der Waals surface area contributed by atoms with Gasteiger partial charge in [0.05, 0.1) is 0 Å². The summed E-state index contributed by atoms with van der Waals surface area (Å²) in [7, 11) is 0. The molecule has 0 amide bonds. The Balaban J connectivity index is 2.50. The minimum Gasteiger partial charge on any atom is -0.368 e. The lowest BCUT2D eigenvalue weighted by molar-refractivity contribution is 0.888. The van der Waals surface area contributed by atoms with Gasteiger partial charge in [-0.2, -0.15) is 4.98 Å². The molecule has 11 heavy (non-hydrogen) atoms. The number of thioether (sulfide) groups is 1. The van der Waals surface area contributed by atoms with Crippen LogP contribution in [0.5, 0.6) is 0 Å². The van der Waals surface area contributed by atoms with Crippen LogP contribution in [0, 0.1) is 0 Å². The summed E-state index contributed by atoms with van der Waals surface area (Å²) in [6.45, 7) is 4.27. The molecular formula is C6H12N4S. The number of rotatable bonds is 3. The van der Waals surface area contributed by atoms with E-state index in [0.717, 1.165) is 11.6 Å². The maximum atomic E-state index is 5.35. The van der Waals surface area contributed by atoms with Gasteiger partial charge in [-0.1, -0.05) is 25.6 Å². The molecule has 3 N–H and O–H groups in total. The molecule has 0 saturated heterocycles. The molecule has 4 nitrogen and oxygen atoms in total. The standard InChI is InChI=1S/C6H12N4S/c1-3-4(2)11-6-8-5(7)9-10-6/h4H,3H2,1-2H3,(H3,7,8,9,10)/t4-/m1/s1. The number of anilines is 1. The number of aromatic nitrogens is 3. The summed E-state index contributed by atoms with van der Waals surface area (Å²) in [6, 6.07) is 0. The highest BCUT2D eigenvalue weighted by atomic mass is 32.2. The summed E-state index contributed by atoms with van der Waals surface area (Å²) in [5.74, 6) is 0.385. The average molecular weight is 172 g/mol. The lowest BCUT2D eigenvalue weighted by Crippen LogP contribution is -1.92. The van der Waals surface area contributed by atoms with Crippen LogP contribution in [0.2, 0.25) is 0 Å². The van der Waals surface area contributed by atoms with Gasteiger partial charge in [0.1, 0.15) is 0 Å². The van der Waals surface area contributed by atoms with E-state index in [9.17, 15) is 0 Å². The van der Waals surface area contributed by atoms with Crippen molar-refractivity contribution < 1.29 is 0 Å². The van der Waals surface area contributed by atoms with E-state index >= 15 is 0 Å². The van der Waals surface area contributed by atoms with Crippen LogP contribution in [-0.4, -0.2) is 20.4 Å². The zero-order valence-corrected chi connectivity index (χ0v) is 7.48. The van der Waals surface area contributed by atoms with Gasteiger partial charge in [-0.3, -0.25) is 0 Å². The van der Waals surface area contributed by atoms with Crippen molar-refractivity contribution in [1.29, 1.82) is 0 Å². The van der Waals surface area contributed by atoms with Crippen molar-refractivity contribution in [3.05, 3.63) is 0 Å². The van der Waals surface area contributed by atoms with E-state index in [-0.39, 0.29) is 0 Å². The van der Waals surface area contributed by atoms with Crippen molar-refractivity contribution in [2.45, 2.75) is 30.7 Å². The molecule has 1 aromatic heterocycles. The number of hydrogen-bond donors (Lipinski definition) is 2. The van der Waals surface area contributed by atoms with Crippen LogP contribution in [0.15, 0.2) is 5.16 Å². The number of H-pyrrole nitrogens is 1. The highest BCUT2D eigenvalue weighted by Crippen LogP contribution is 2.20. The van der Waals surface area contributed by atoms with Crippen LogP contribution >= 0.6 is 11.8 Å². The maximum Gasteiger partial charge on any atom is 0.216 e. The summed E-state index contributed by atoms with van der Waals surface area (Å²) in [4.78, 5) is 3.97. The molecule has 0 unspecified atom stereocenters. The number of aromatic amines is 1. The van der Waals surface area contributed by atoms with Gasteiger partial charge >= 0.3 is 0 Å². The van der Waals surface area contributed by atoms with E-state index < -0.39 is 0 Å². The fraction of sp³-hybridized carbons (Fsp3) is 0.667. The smallest absolute Gasteiger partial charge is 0.216 e. The van der Waals surface area contributed by atoms with Crippen molar-refractivity contribution >= 4 is 17.7 Å². The number of nitrogen functional groups attached to an aromatic ring is 1. The van der Waals surface area contributed by atoms with Crippen molar-refractivity contribution in [3.8, 4) is 0 Å². The van der Waals surface area contributed by atoms with Gasteiger partial charge in [-0.05, 0) is 6.42 Å². The third-order valence-electron chi connectivity index (χ3n) is 1.36. The van der Waals surface area contributed by atoms with Crippen LogP contribution in [0.3, 0.4) is 0 Å². The second-order valence-corrected chi connectivity index (χ2v) is 3.75. The van der Waals surface area contributed by atoms with Gasteiger partial charge < -0.3 is 5.73 Å². The summed E-state index contributed by atoms with van der Waals surface area (Å²) < 4.78 is 0. The summed E-state index contributed by atoms with van der Waals surface area (Å²) >= 11 is 1.63. The number of nitrogens with one attached hydrogen (secondary N) is 1.